The zero-order valence-electron chi connectivity index (χ0n) is 13.4. The highest BCUT2D eigenvalue weighted by Crippen LogP contribution is 2.25. The highest BCUT2D eigenvalue weighted by Gasteiger charge is 2.15. The Labute approximate surface area is 145 Å². The van der Waals surface area contributed by atoms with Crippen molar-refractivity contribution in [2.24, 2.45) is 0 Å². The molecule has 2 aromatic carbocycles. The molecular weight excluding hydrogens is 340 g/mol. The Kier molecular flexibility index (Phi) is 4.52. The third kappa shape index (κ3) is 3.67. The average Bonchev–Trinajstić information content (AvgIpc) is 2.60. The minimum Gasteiger partial charge on any atom is -0.480 e. The van der Waals surface area contributed by atoms with Crippen LogP contribution in [0, 0.1) is 6.92 Å². The van der Waals surface area contributed by atoms with Crippen molar-refractivity contribution in [3.05, 3.63) is 60.2 Å². The van der Waals surface area contributed by atoms with Crippen LogP contribution in [-0.2, 0) is 14.8 Å². The molecule has 0 amide bonds. The molecule has 3 aromatic rings. The second-order valence-corrected chi connectivity index (χ2v) is 7.35. The van der Waals surface area contributed by atoms with Gasteiger partial charge in [0.2, 0.25) is 10.0 Å². The number of pyridine rings is 1. The van der Waals surface area contributed by atoms with Gasteiger partial charge >= 0.3 is 5.97 Å². The first kappa shape index (κ1) is 17.1. The van der Waals surface area contributed by atoms with E-state index < -0.39 is 22.5 Å². The summed E-state index contributed by atoms with van der Waals surface area (Å²) < 4.78 is 26.1. The molecule has 0 aliphatic carbocycles. The maximum atomic E-state index is 12.0. The van der Waals surface area contributed by atoms with Crippen molar-refractivity contribution in [1.29, 1.82) is 0 Å². The largest absolute Gasteiger partial charge is 0.480 e. The Bertz CT molecular complexity index is 1040. The number of para-hydroxylation sites is 1. The molecule has 0 atom stereocenters. The molecule has 2 N–H and O–H groups in total. The second kappa shape index (κ2) is 6.62. The van der Waals surface area contributed by atoms with Crippen molar-refractivity contribution < 1.29 is 18.3 Å². The first-order valence-electron chi connectivity index (χ1n) is 7.55. The van der Waals surface area contributed by atoms with Crippen molar-refractivity contribution in [3.63, 3.8) is 0 Å². The Morgan fingerprint density at radius 3 is 2.48 bits per heavy atom. The van der Waals surface area contributed by atoms with Crippen molar-refractivity contribution in [3.8, 4) is 11.3 Å². The summed E-state index contributed by atoms with van der Waals surface area (Å²) in [6.45, 7) is 1.34. The highest BCUT2D eigenvalue weighted by molar-refractivity contribution is 7.89. The van der Waals surface area contributed by atoms with E-state index in [-0.39, 0.29) is 4.90 Å². The normalized spacial score (nSPS) is 11.6. The van der Waals surface area contributed by atoms with Crippen LogP contribution in [0.25, 0.3) is 22.2 Å². The molecule has 1 aromatic heterocycles. The van der Waals surface area contributed by atoms with Crippen LogP contribution in [0.4, 0.5) is 0 Å². The second-order valence-electron chi connectivity index (χ2n) is 5.58. The third-order valence-electron chi connectivity index (χ3n) is 3.80. The summed E-state index contributed by atoms with van der Waals surface area (Å²) in [6, 6.07) is 16.0. The molecule has 0 spiro atoms. The number of aliphatic carboxylic acids is 1. The fourth-order valence-corrected chi connectivity index (χ4v) is 3.52. The number of nitrogens with zero attached hydrogens (tertiary/aromatic N) is 1. The van der Waals surface area contributed by atoms with Gasteiger partial charge in [0, 0.05) is 10.9 Å². The Morgan fingerprint density at radius 1 is 1.12 bits per heavy atom. The van der Waals surface area contributed by atoms with E-state index in [4.69, 9.17) is 5.11 Å². The van der Waals surface area contributed by atoms with Crippen LogP contribution >= 0.6 is 0 Å². The highest BCUT2D eigenvalue weighted by atomic mass is 32.2. The number of fused-ring (bicyclic) bond motifs is 1. The lowest BCUT2D eigenvalue weighted by Gasteiger charge is -2.08. The zero-order valence-corrected chi connectivity index (χ0v) is 14.2. The standard InChI is InChI=1S/C18H16N2O4S/c1-12-10-17(20-16-5-3-2-4-15(12)16)13-6-8-14(9-7-13)25(23,24)19-11-18(21)22/h2-10,19H,11H2,1H3,(H,21,22). The van der Waals surface area contributed by atoms with Crippen LogP contribution in [0.3, 0.4) is 0 Å². The van der Waals surface area contributed by atoms with Gasteiger partial charge in [-0.2, -0.15) is 4.72 Å². The van der Waals surface area contributed by atoms with Crippen LogP contribution < -0.4 is 4.72 Å². The quantitative estimate of drug-likeness (QED) is 0.732. The van der Waals surface area contributed by atoms with Gasteiger partial charge in [0.05, 0.1) is 16.1 Å². The number of carbonyl (C=O) groups is 1. The predicted molar refractivity (Wildman–Crippen MR) is 94.7 cm³/mol. The van der Waals surface area contributed by atoms with E-state index >= 15 is 0 Å². The van der Waals surface area contributed by atoms with Gasteiger partial charge in [-0.05, 0) is 36.8 Å². The van der Waals surface area contributed by atoms with Gasteiger partial charge in [-0.25, -0.2) is 13.4 Å². The number of carboxylic acids is 1. The number of aryl methyl sites for hydroxylation is 1. The van der Waals surface area contributed by atoms with Gasteiger partial charge in [0.25, 0.3) is 0 Å². The Balaban J connectivity index is 1.94. The molecule has 25 heavy (non-hydrogen) atoms. The van der Waals surface area contributed by atoms with Gasteiger partial charge in [-0.3, -0.25) is 4.79 Å². The molecule has 1 heterocycles. The minimum atomic E-state index is -3.85. The van der Waals surface area contributed by atoms with E-state index in [0.717, 1.165) is 27.7 Å². The molecule has 0 radical (unpaired) electrons. The molecule has 7 heteroatoms. The number of sulfonamides is 1. The molecule has 0 aliphatic heterocycles. The van der Waals surface area contributed by atoms with E-state index in [1.807, 2.05) is 42.0 Å². The molecule has 3 rings (SSSR count). The van der Waals surface area contributed by atoms with Crippen LogP contribution in [0.15, 0.2) is 59.5 Å². The monoisotopic (exact) mass is 356 g/mol. The molecule has 0 saturated heterocycles. The molecule has 0 aliphatic rings. The fourth-order valence-electron chi connectivity index (χ4n) is 2.54. The van der Waals surface area contributed by atoms with Gasteiger partial charge in [0.1, 0.15) is 6.54 Å². The summed E-state index contributed by atoms with van der Waals surface area (Å²) in [6.07, 6.45) is 0. The van der Waals surface area contributed by atoms with Gasteiger partial charge < -0.3 is 5.11 Å². The number of hydrogen-bond acceptors (Lipinski definition) is 4. The van der Waals surface area contributed by atoms with Gasteiger partial charge in [-0.1, -0.05) is 30.3 Å². The van der Waals surface area contributed by atoms with Crippen LogP contribution in [-0.4, -0.2) is 31.0 Å². The first-order valence-corrected chi connectivity index (χ1v) is 9.03. The number of rotatable bonds is 5. The lowest BCUT2D eigenvalue weighted by molar-refractivity contribution is -0.135. The van der Waals surface area contributed by atoms with Crippen molar-refractivity contribution >= 4 is 26.9 Å². The first-order chi connectivity index (χ1) is 11.9. The summed E-state index contributed by atoms with van der Waals surface area (Å²) in [5.74, 6) is -1.24. The van der Waals surface area contributed by atoms with Crippen molar-refractivity contribution in [2.75, 3.05) is 6.54 Å². The van der Waals surface area contributed by atoms with E-state index in [2.05, 4.69) is 4.98 Å². The lowest BCUT2D eigenvalue weighted by Crippen LogP contribution is -2.29. The summed E-state index contributed by atoms with van der Waals surface area (Å²) in [5.41, 5.74) is 3.49. The van der Waals surface area contributed by atoms with E-state index in [1.54, 1.807) is 12.1 Å². The number of aromatic nitrogens is 1. The Hall–Kier alpha value is -2.77. The molecule has 128 valence electrons. The number of benzene rings is 2. The number of hydrogen-bond donors (Lipinski definition) is 2. The van der Waals surface area contributed by atoms with Gasteiger partial charge in [0.15, 0.2) is 0 Å². The molecular formula is C18H16N2O4S. The molecule has 0 fully saturated rings. The molecule has 6 nitrogen and oxygen atoms in total. The predicted octanol–water partition coefficient (Wildman–Crippen LogP) is 2.57. The molecule has 0 unspecified atom stereocenters. The van der Waals surface area contributed by atoms with E-state index in [1.165, 1.54) is 12.1 Å². The number of nitrogens with one attached hydrogen (secondary N) is 1. The fraction of sp³-hybridized carbons (Fsp3) is 0.111. The zero-order chi connectivity index (χ0) is 18.0. The molecule has 0 saturated carbocycles. The smallest absolute Gasteiger partial charge is 0.318 e. The maximum Gasteiger partial charge on any atom is 0.318 e. The summed E-state index contributed by atoms with van der Waals surface area (Å²) in [5, 5.41) is 9.67. The van der Waals surface area contributed by atoms with E-state index in [9.17, 15) is 13.2 Å². The lowest BCUT2D eigenvalue weighted by atomic mass is 10.1. The van der Waals surface area contributed by atoms with Crippen LogP contribution in [0.1, 0.15) is 5.56 Å². The maximum absolute atomic E-state index is 12.0. The van der Waals surface area contributed by atoms with Crippen molar-refractivity contribution in [2.45, 2.75) is 11.8 Å². The minimum absolute atomic E-state index is 0.00927. The third-order valence-corrected chi connectivity index (χ3v) is 5.21. The summed E-state index contributed by atoms with van der Waals surface area (Å²) in [7, 11) is -3.85. The van der Waals surface area contributed by atoms with Crippen LogP contribution in [0.5, 0.6) is 0 Å². The average molecular weight is 356 g/mol. The van der Waals surface area contributed by atoms with E-state index in [0.29, 0.717) is 0 Å². The topological polar surface area (TPSA) is 96.4 Å². The molecule has 0 bridgehead atoms. The SMILES string of the molecule is Cc1cc(-c2ccc(S(=O)(=O)NCC(=O)O)cc2)nc2ccccc12. The summed E-state index contributed by atoms with van der Waals surface area (Å²) >= 11 is 0. The summed E-state index contributed by atoms with van der Waals surface area (Å²) in [4.78, 5) is 15.1. The van der Waals surface area contributed by atoms with Crippen molar-refractivity contribution in [1.82, 2.24) is 9.71 Å². The Morgan fingerprint density at radius 2 is 1.80 bits per heavy atom. The van der Waals surface area contributed by atoms with Gasteiger partial charge in [-0.15, -0.1) is 0 Å². The number of carboxylic acid groups (broad SMARTS) is 1. The van der Waals surface area contributed by atoms with Crippen LogP contribution in [0.2, 0.25) is 0 Å².